The molecule has 1 unspecified atom stereocenters. The Morgan fingerprint density at radius 3 is 2.78 bits per heavy atom. The smallest absolute Gasteiger partial charge is 0.251 e. The number of anilines is 1. The fourth-order valence-electron chi connectivity index (χ4n) is 2.34. The van der Waals surface area contributed by atoms with Crippen LogP contribution < -0.4 is 16.0 Å². The highest BCUT2D eigenvalue weighted by molar-refractivity contribution is 5.97. The second-order valence-corrected chi connectivity index (χ2v) is 6.76. The van der Waals surface area contributed by atoms with Gasteiger partial charge in [0.1, 0.15) is 0 Å². The molecule has 0 aliphatic carbocycles. The molecular weight excluding hydrogens is 294 g/mol. The van der Waals surface area contributed by atoms with E-state index in [4.69, 9.17) is 4.74 Å². The summed E-state index contributed by atoms with van der Waals surface area (Å²) in [6, 6.07) is 6.99. The number of benzene rings is 1. The van der Waals surface area contributed by atoms with Gasteiger partial charge in [-0.2, -0.15) is 0 Å². The largest absolute Gasteiger partial charge is 0.378 e. The third kappa shape index (κ3) is 6.00. The Morgan fingerprint density at radius 2 is 2.13 bits per heavy atom. The summed E-state index contributed by atoms with van der Waals surface area (Å²) < 4.78 is 5.33. The van der Waals surface area contributed by atoms with E-state index in [9.17, 15) is 9.59 Å². The minimum Gasteiger partial charge on any atom is -0.378 e. The van der Waals surface area contributed by atoms with E-state index >= 15 is 0 Å². The Hall–Kier alpha value is -1.92. The van der Waals surface area contributed by atoms with Crippen molar-refractivity contribution in [2.75, 3.05) is 25.1 Å². The summed E-state index contributed by atoms with van der Waals surface area (Å²) in [4.78, 5) is 24.2. The number of ether oxygens (including phenoxy) is 1. The van der Waals surface area contributed by atoms with Crippen molar-refractivity contribution in [1.29, 1.82) is 0 Å². The van der Waals surface area contributed by atoms with Crippen LogP contribution >= 0.6 is 0 Å². The fraction of sp³-hybridized carbons (Fsp3) is 0.529. The lowest BCUT2D eigenvalue weighted by Crippen LogP contribution is -2.43. The van der Waals surface area contributed by atoms with E-state index in [-0.39, 0.29) is 23.4 Å². The highest BCUT2D eigenvalue weighted by atomic mass is 16.5. The number of nitrogens with one attached hydrogen (secondary N) is 3. The Balaban J connectivity index is 1.93. The lowest BCUT2D eigenvalue weighted by molar-refractivity contribution is -0.117. The van der Waals surface area contributed by atoms with Crippen molar-refractivity contribution in [2.24, 2.45) is 0 Å². The lowest BCUT2D eigenvalue weighted by Gasteiger charge is -2.23. The Bertz CT molecular complexity index is 560. The normalized spacial score (nSPS) is 18.3. The van der Waals surface area contributed by atoms with Crippen molar-refractivity contribution in [2.45, 2.75) is 38.8 Å². The summed E-state index contributed by atoms with van der Waals surface area (Å²) in [7, 11) is 0. The van der Waals surface area contributed by atoms with Crippen LogP contribution in [0.15, 0.2) is 24.3 Å². The quantitative estimate of drug-likeness (QED) is 0.786. The number of carbonyl (C=O) groups excluding carboxylic acids is 2. The minimum absolute atomic E-state index is 0.0381. The van der Waals surface area contributed by atoms with Gasteiger partial charge < -0.3 is 20.7 Å². The van der Waals surface area contributed by atoms with Crippen molar-refractivity contribution in [1.82, 2.24) is 10.6 Å². The summed E-state index contributed by atoms with van der Waals surface area (Å²) in [6.07, 6.45) is 0.346. The van der Waals surface area contributed by atoms with Crippen LogP contribution in [0, 0.1) is 0 Å². The van der Waals surface area contributed by atoms with Crippen molar-refractivity contribution in [3.63, 3.8) is 0 Å². The van der Waals surface area contributed by atoms with E-state index in [2.05, 4.69) is 16.0 Å². The molecule has 1 heterocycles. The van der Waals surface area contributed by atoms with Crippen LogP contribution in [-0.4, -0.2) is 43.2 Å². The van der Waals surface area contributed by atoms with Gasteiger partial charge >= 0.3 is 0 Å². The van der Waals surface area contributed by atoms with Crippen LogP contribution in [0.25, 0.3) is 0 Å². The maximum atomic E-state index is 12.2. The molecule has 6 nitrogen and oxygen atoms in total. The number of amides is 2. The Labute approximate surface area is 137 Å². The van der Waals surface area contributed by atoms with Crippen molar-refractivity contribution < 1.29 is 14.3 Å². The average Bonchev–Trinajstić information content (AvgIpc) is 2.46. The van der Waals surface area contributed by atoms with Crippen LogP contribution in [0.1, 0.15) is 37.6 Å². The van der Waals surface area contributed by atoms with Crippen molar-refractivity contribution in [3.05, 3.63) is 29.8 Å². The maximum absolute atomic E-state index is 12.2. The predicted molar refractivity (Wildman–Crippen MR) is 89.5 cm³/mol. The van der Waals surface area contributed by atoms with Gasteiger partial charge in [-0.05, 0) is 39.0 Å². The highest BCUT2D eigenvalue weighted by Gasteiger charge is 2.18. The molecule has 1 fully saturated rings. The molecule has 1 aliphatic heterocycles. The lowest BCUT2D eigenvalue weighted by atomic mass is 10.1. The first-order valence-electron chi connectivity index (χ1n) is 7.87. The first kappa shape index (κ1) is 17.4. The zero-order valence-corrected chi connectivity index (χ0v) is 13.9. The Kier molecular flexibility index (Phi) is 5.74. The molecule has 23 heavy (non-hydrogen) atoms. The molecule has 1 aromatic rings. The number of carbonyl (C=O) groups is 2. The van der Waals surface area contributed by atoms with Gasteiger partial charge in [0.2, 0.25) is 5.91 Å². The van der Waals surface area contributed by atoms with Crippen molar-refractivity contribution >= 4 is 17.5 Å². The molecule has 1 atom stereocenters. The van der Waals surface area contributed by atoms with Gasteiger partial charge in [-0.15, -0.1) is 0 Å². The molecule has 1 aromatic carbocycles. The van der Waals surface area contributed by atoms with Crippen LogP contribution in [0.2, 0.25) is 0 Å². The van der Waals surface area contributed by atoms with Gasteiger partial charge in [-0.3, -0.25) is 9.59 Å². The van der Waals surface area contributed by atoms with E-state index < -0.39 is 0 Å². The SMILES string of the molecule is CC(C)(C)NC(=O)c1cccc(NC(=O)CC2COCCN2)c1. The molecule has 2 rings (SSSR count). The third-order valence-electron chi connectivity index (χ3n) is 3.33. The van der Waals surface area contributed by atoms with E-state index in [0.29, 0.717) is 30.9 Å². The van der Waals surface area contributed by atoms with Crippen LogP contribution in [-0.2, 0) is 9.53 Å². The minimum atomic E-state index is -0.303. The number of hydrogen-bond acceptors (Lipinski definition) is 4. The molecule has 2 amide bonds. The molecule has 6 heteroatoms. The summed E-state index contributed by atoms with van der Waals surface area (Å²) in [5.41, 5.74) is 0.841. The first-order chi connectivity index (χ1) is 10.8. The molecule has 0 bridgehead atoms. The topological polar surface area (TPSA) is 79.5 Å². The van der Waals surface area contributed by atoms with Gasteiger partial charge in [0.05, 0.1) is 13.2 Å². The first-order valence-corrected chi connectivity index (χ1v) is 7.87. The molecular formula is C17H25N3O3. The van der Waals surface area contributed by atoms with Gasteiger partial charge in [0.25, 0.3) is 5.91 Å². The monoisotopic (exact) mass is 319 g/mol. The maximum Gasteiger partial charge on any atom is 0.251 e. The predicted octanol–water partition coefficient (Wildman–Crippen LogP) is 1.53. The Morgan fingerprint density at radius 1 is 1.35 bits per heavy atom. The molecule has 1 saturated heterocycles. The van der Waals surface area contributed by atoms with Crippen LogP contribution in [0.5, 0.6) is 0 Å². The summed E-state index contributed by atoms with van der Waals surface area (Å²) >= 11 is 0. The standard InChI is InChI=1S/C17H25N3O3/c1-17(2,3)20-16(22)12-5-4-6-13(9-12)19-15(21)10-14-11-23-8-7-18-14/h4-6,9,14,18H,7-8,10-11H2,1-3H3,(H,19,21)(H,20,22). The summed E-state index contributed by atoms with van der Waals surface area (Å²) in [5, 5.41) is 8.98. The number of hydrogen-bond donors (Lipinski definition) is 3. The third-order valence-corrected chi connectivity index (χ3v) is 3.33. The molecule has 126 valence electrons. The van der Waals surface area contributed by atoms with Crippen molar-refractivity contribution in [3.8, 4) is 0 Å². The molecule has 1 aliphatic rings. The molecule has 0 spiro atoms. The van der Waals surface area contributed by atoms with E-state index in [1.807, 2.05) is 20.8 Å². The average molecular weight is 319 g/mol. The zero-order valence-electron chi connectivity index (χ0n) is 13.9. The number of morpholine rings is 1. The van der Waals surface area contributed by atoms with Crippen LogP contribution in [0.4, 0.5) is 5.69 Å². The molecule has 0 aromatic heterocycles. The second kappa shape index (κ2) is 7.57. The highest BCUT2D eigenvalue weighted by Crippen LogP contribution is 2.13. The zero-order chi connectivity index (χ0) is 16.9. The van der Waals surface area contributed by atoms with E-state index in [1.54, 1.807) is 24.3 Å². The van der Waals surface area contributed by atoms with Crippen LogP contribution in [0.3, 0.4) is 0 Å². The second-order valence-electron chi connectivity index (χ2n) is 6.76. The number of rotatable bonds is 4. The summed E-state index contributed by atoms with van der Waals surface area (Å²) in [5.74, 6) is -0.252. The summed E-state index contributed by atoms with van der Waals surface area (Å²) in [6.45, 7) is 7.77. The molecule has 0 saturated carbocycles. The fourth-order valence-corrected chi connectivity index (χ4v) is 2.34. The van der Waals surface area contributed by atoms with Gasteiger partial charge in [-0.1, -0.05) is 6.07 Å². The van der Waals surface area contributed by atoms with Gasteiger partial charge in [0.15, 0.2) is 0 Å². The van der Waals surface area contributed by atoms with E-state index in [0.717, 1.165) is 6.54 Å². The molecule has 0 radical (unpaired) electrons. The van der Waals surface area contributed by atoms with Gasteiger partial charge in [-0.25, -0.2) is 0 Å². The molecule has 3 N–H and O–H groups in total. The van der Waals surface area contributed by atoms with E-state index in [1.165, 1.54) is 0 Å². The van der Waals surface area contributed by atoms with Gasteiger partial charge in [0, 0.05) is 35.8 Å².